The van der Waals surface area contributed by atoms with Gasteiger partial charge in [-0.25, -0.2) is 0 Å². The third kappa shape index (κ3) is 2.36. The second kappa shape index (κ2) is 5.25. The summed E-state index contributed by atoms with van der Waals surface area (Å²) in [6.07, 6.45) is 14.2. The first-order chi connectivity index (χ1) is 10.8. The van der Waals surface area contributed by atoms with Crippen LogP contribution in [0, 0.1) is 16.7 Å². The fraction of sp³-hybridized carbons (Fsp3) is 0.857. The molecule has 1 nitrogen and oxygen atoms in total. The Bertz CT molecular complexity index is 603. The molecule has 0 aromatic heterocycles. The summed E-state index contributed by atoms with van der Waals surface area (Å²) >= 11 is 0. The zero-order valence-corrected chi connectivity index (χ0v) is 16.5. The van der Waals surface area contributed by atoms with Crippen LogP contribution in [-0.4, -0.2) is 35.0 Å². The number of hydrogen-bond donors (Lipinski definition) is 1. The van der Waals surface area contributed by atoms with Crippen LogP contribution in [0.3, 0.4) is 0 Å². The third-order valence-electron chi connectivity index (χ3n) is 8.50. The van der Waals surface area contributed by atoms with E-state index in [0.29, 0.717) is 10.8 Å². The molecular weight excluding hydrogens is 299 g/mol. The fourth-order valence-electron chi connectivity index (χ4n) is 6.75. The molecule has 2 aliphatic carbocycles. The Morgan fingerprint density at radius 2 is 1.96 bits per heavy atom. The maximum absolute atomic E-state index is 10.2. The predicted molar refractivity (Wildman–Crippen MR) is 103 cm³/mol. The number of hydrogen-bond acceptors (Lipinski definition) is 1. The number of fused-ring (bicyclic) bond motifs is 7. The minimum absolute atomic E-state index is 0.0854. The highest BCUT2D eigenvalue weighted by Crippen LogP contribution is 2.73. The lowest BCUT2D eigenvalue weighted by Gasteiger charge is -2.48. The summed E-state index contributed by atoms with van der Waals surface area (Å²) in [7, 11) is 0. The Morgan fingerprint density at radius 3 is 2.74 bits per heavy atom. The normalized spacial score (nSPS) is 55.3. The van der Waals surface area contributed by atoms with E-state index in [1.54, 1.807) is 5.57 Å². The van der Waals surface area contributed by atoms with Gasteiger partial charge in [0, 0.05) is 5.66 Å². The largest absolute Gasteiger partial charge is 0.393 e. The third-order valence-corrected chi connectivity index (χ3v) is 13.5. The van der Waals surface area contributed by atoms with Crippen molar-refractivity contribution < 1.29 is 5.11 Å². The zero-order valence-electron chi connectivity index (χ0n) is 15.6. The van der Waals surface area contributed by atoms with Crippen molar-refractivity contribution >= 4 is 12.2 Å². The lowest BCUT2D eigenvalue weighted by atomic mass is 9.58. The van der Waals surface area contributed by atoms with Crippen molar-refractivity contribution in [2.45, 2.75) is 83.9 Å². The van der Waals surface area contributed by atoms with Crippen LogP contribution in [0.25, 0.3) is 0 Å². The average molecular weight is 334 g/mol. The summed E-state index contributed by atoms with van der Waals surface area (Å²) < 4.78 is 0. The van der Waals surface area contributed by atoms with Crippen molar-refractivity contribution in [3.8, 4) is 0 Å². The molecule has 2 heterocycles. The van der Waals surface area contributed by atoms with Gasteiger partial charge in [0.1, 0.15) is 0 Å². The Labute approximate surface area is 142 Å². The van der Waals surface area contributed by atoms with Crippen LogP contribution in [0.15, 0.2) is 11.6 Å². The first-order valence-corrected chi connectivity index (χ1v) is 12.4. The van der Waals surface area contributed by atoms with Crippen molar-refractivity contribution in [1.29, 1.82) is 0 Å². The monoisotopic (exact) mass is 334 g/mol. The van der Waals surface area contributed by atoms with E-state index >= 15 is 0 Å². The number of allylic oxidation sites excluding steroid dienone is 1. The summed E-state index contributed by atoms with van der Waals surface area (Å²) in [5.74, 6) is 0.853. The molecule has 4 rings (SSSR count). The predicted octanol–water partition coefficient (Wildman–Crippen LogP) is 5.29. The summed E-state index contributed by atoms with van der Waals surface area (Å²) in [6, 6.07) is 0. The second-order valence-corrected chi connectivity index (χ2v) is 14.0. The highest BCUT2D eigenvalue weighted by atomic mass is 31.2. The molecule has 0 radical (unpaired) electrons. The number of aliphatic hydroxyl groups is 1. The molecule has 6 atom stereocenters. The summed E-state index contributed by atoms with van der Waals surface area (Å²) in [5, 5.41) is 12.1. The minimum Gasteiger partial charge on any atom is -0.393 e. The highest BCUT2D eigenvalue weighted by molar-refractivity contribution is 7.86. The SMILES string of the molecule is CC1=P2(C)CCCC3CCC(C)(C/C=C4/CC(O)CCC43C)C12. The molecule has 23 heavy (non-hydrogen) atoms. The van der Waals surface area contributed by atoms with Crippen LogP contribution < -0.4 is 0 Å². The molecule has 1 N–H and O–H groups in total. The standard InChI is InChI=1S/C21H35OP/c1-15-19-20(2)10-7-16(6-5-13-23(15,19)4)21(3)12-9-18(22)14-17(21)8-11-20/h8,16,18-19,22H,5-7,9-14H2,1-4H3/b17-8-. The van der Waals surface area contributed by atoms with Gasteiger partial charge in [0.15, 0.2) is 0 Å². The van der Waals surface area contributed by atoms with E-state index in [9.17, 15) is 5.11 Å². The van der Waals surface area contributed by atoms with E-state index < -0.39 is 6.89 Å². The number of aliphatic hydroxyl groups excluding tert-OH is 1. The Balaban J connectivity index is 1.75. The molecule has 2 fully saturated rings. The Kier molecular flexibility index (Phi) is 3.76. The quantitative estimate of drug-likeness (QED) is 0.471. The molecule has 0 amide bonds. The van der Waals surface area contributed by atoms with E-state index in [-0.39, 0.29) is 6.10 Å². The van der Waals surface area contributed by atoms with Gasteiger partial charge in [-0.1, -0.05) is 30.8 Å². The topological polar surface area (TPSA) is 20.2 Å². The molecule has 2 aliphatic heterocycles. The smallest absolute Gasteiger partial charge is 0.0577 e. The lowest BCUT2D eigenvalue weighted by Crippen LogP contribution is -2.39. The van der Waals surface area contributed by atoms with Gasteiger partial charge in [-0.15, -0.1) is 6.89 Å². The van der Waals surface area contributed by atoms with Crippen LogP contribution >= 0.6 is 6.89 Å². The van der Waals surface area contributed by atoms with Gasteiger partial charge in [-0.3, -0.25) is 0 Å². The van der Waals surface area contributed by atoms with Crippen molar-refractivity contribution in [2.75, 3.05) is 12.8 Å². The summed E-state index contributed by atoms with van der Waals surface area (Å²) in [5.41, 5.74) is 3.45. The molecule has 0 spiro atoms. The summed E-state index contributed by atoms with van der Waals surface area (Å²) in [6.45, 7) is 9.50. The molecule has 4 aliphatic rings. The first-order valence-electron chi connectivity index (χ1n) is 9.86. The van der Waals surface area contributed by atoms with Gasteiger partial charge in [0.25, 0.3) is 0 Å². The van der Waals surface area contributed by atoms with E-state index in [1.165, 1.54) is 44.7 Å². The maximum Gasteiger partial charge on any atom is 0.0577 e. The Hall–Kier alpha value is -0.0000000000000000208. The van der Waals surface area contributed by atoms with Gasteiger partial charge in [0.05, 0.1) is 6.10 Å². The van der Waals surface area contributed by atoms with E-state index in [1.807, 2.05) is 5.29 Å². The van der Waals surface area contributed by atoms with Crippen molar-refractivity contribution in [2.24, 2.45) is 16.7 Å². The molecule has 1 saturated heterocycles. The first kappa shape index (κ1) is 16.5. The maximum atomic E-state index is 10.2. The van der Waals surface area contributed by atoms with E-state index in [2.05, 4.69) is 33.5 Å². The van der Waals surface area contributed by atoms with Gasteiger partial charge in [-0.05, 0) is 87.9 Å². The second-order valence-electron chi connectivity index (χ2n) is 9.81. The van der Waals surface area contributed by atoms with Gasteiger partial charge >= 0.3 is 0 Å². The van der Waals surface area contributed by atoms with Gasteiger partial charge < -0.3 is 5.11 Å². The Morgan fingerprint density at radius 1 is 1.17 bits per heavy atom. The van der Waals surface area contributed by atoms with Crippen molar-refractivity contribution in [3.05, 3.63) is 11.6 Å². The van der Waals surface area contributed by atoms with Crippen LogP contribution in [0.4, 0.5) is 0 Å². The average Bonchev–Trinajstić information content (AvgIpc) is 3.03. The van der Waals surface area contributed by atoms with Crippen LogP contribution in [-0.2, 0) is 0 Å². The van der Waals surface area contributed by atoms with Gasteiger partial charge in [-0.2, -0.15) is 0 Å². The minimum atomic E-state index is -0.747. The fourth-order valence-corrected chi connectivity index (χ4v) is 11.9. The van der Waals surface area contributed by atoms with E-state index in [4.69, 9.17) is 0 Å². The van der Waals surface area contributed by atoms with Crippen molar-refractivity contribution in [3.63, 3.8) is 0 Å². The molecule has 2 bridgehead atoms. The molecule has 0 aromatic rings. The molecule has 6 unspecified atom stereocenters. The van der Waals surface area contributed by atoms with Gasteiger partial charge in [0.2, 0.25) is 0 Å². The molecule has 2 heteroatoms. The molecule has 130 valence electrons. The van der Waals surface area contributed by atoms with Crippen LogP contribution in [0.5, 0.6) is 0 Å². The molecule has 0 aromatic carbocycles. The summed E-state index contributed by atoms with van der Waals surface area (Å²) in [4.78, 5) is 0. The number of rotatable bonds is 0. The van der Waals surface area contributed by atoms with E-state index in [0.717, 1.165) is 24.4 Å². The van der Waals surface area contributed by atoms with Crippen molar-refractivity contribution in [1.82, 2.24) is 0 Å². The zero-order chi connectivity index (χ0) is 16.5. The molecular formula is C21H35OP. The van der Waals surface area contributed by atoms with Crippen LogP contribution in [0.2, 0.25) is 0 Å². The van der Waals surface area contributed by atoms with Crippen LogP contribution in [0.1, 0.15) is 72.1 Å². The highest BCUT2D eigenvalue weighted by Gasteiger charge is 2.54. The lowest BCUT2D eigenvalue weighted by molar-refractivity contribution is 0.0673. The molecule has 1 saturated carbocycles.